The second-order valence-electron chi connectivity index (χ2n) is 14.2. The molecule has 9 heteroatoms. The van der Waals surface area contributed by atoms with Crippen LogP contribution in [0.1, 0.15) is 131 Å². The largest absolute Gasteiger partial charge is 0.494 e. The summed E-state index contributed by atoms with van der Waals surface area (Å²) in [5, 5.41) is 8.03. The fraction of sp³-hybridized carbons (Fsp3) is 0.467. The van der Waals surface area contributed by atoms with Crippen molar-refractivity contribution >= 4 is 44.8 Å². The highest BCUT2D eigenvalue weighted by Crippen LogP contribution is 2.39. The van der Waals surface area contributed by atoms with Gasteiger partial charge in [-0.1, -0.05) is 82.1 Å². The van der Waals surface area contributed by atoms with E-state index in [-0.39, 0.29) is 5.97 Å². The Kier molecular flexibility index (Phi) is 16.6. The van der Waals surface area contributed by atoms with E-state index >= 15 is 0 Å². The van der Waals surface area contributed by atoms with Crippen LogP contribution in [0.25, 0.3) is 10.2 Å². The summed E-state index contributed by atoms with van der Waals surface area (Å²) in [6.45, 7) is 9.68. The number of thiazole rings is 1. The first-order valence-corrected chi connectivity index (χ1v) is 20.8. The molecule has 8 nitrogen and oxygen atoms in total. The van der Waals surface area contributed by atoms with Crippen LogP contribution in [0.5, 0.6) is 11.5 Å². The zero-order valence-electron chi connectivity index (χ0n) is 32.2. The minimum absolute atomic E-state index is 0.384. The number of fused-ring (bicyclic) bond motifs is 1. The SMILES string of the molecule is C=CC(=O)OCCCCCCOc1ccc(C(=O)Oc2ccc(C3CCC(CCC)CC3)c(/C=N/N(CCCCCC)c3nc4ccccc4s3)c2)cc1. The number of unbranched alkanes of at least 4 members (excludes halogenated alkanes) is 6. The van der Waals surface area contributed by atoms with E-state index in [9.17, 15) is 9.59 Å². The Hall–Kier alpha value is -4.50. The summed E-state index contributed by atoms with van der Waals surface area (Å²) in [5.74, 6) is 1.66. The molecular formula is C45H57N3O5S. The minimum Gasteiger partial charge on any atom is -0.494 e. The van der Waals surface area contributed by atoms with Crippen LogP contribution in [0, 0.1) is 5.92 Å². The second-order valence-corrected chi connectivity index (χ2v) is 15.2. The molecule has 0 amide bonds. The van der Waals surface area contributed by atoms with Crippen LogP contribution in [-0.4, -0.2) is 42.9 Å². The topological polar surface area (TPSA) is 90.3 Å². The number of para-hydroxylation sites is 1. The quantitative estimate of drug-likeness (QED) is 0.0197. The van der Waals surface area contributed by atoms with E-state index in [2.05, 4.69) is 49.7 Å². The Morgan fingerprint density at radius 1 is 0.870 bits per heavy atom. The number of carbonyl (C=O) groups excluding carboxylic acids is 2. The molecular weight excluding hydrogens is 695 g/mol. The summed E-state index contributed by atoms with van der Waals surface area (Å²) in [6, 6.07) is 21.4. The molecule has 0 saturated heterocycles. The first-order valence-electron chi connectivity index (χ1n) is 20.0. The van der Waals surface area contributed by atoms with Crippen LogP contribution in [0.2, 0.25) is 0 Å². The van der Waals surface area contributed by atoms with Gasteiger partial charge >= 0.3 is 11.9 Å². The number of hydrazone groups is 1. The van der Waals surface area contributed by atoms with Gasteiger partial charge in [-0.2, -0.15) is 5.10 Å². The third-order valence-corrected chi connectivity index (χ3v) is 11.2. The van der Waals surface area contributed by atoms with Gasteiger partial charge in [-0.25, -0.2) is 19.6 Å². The number of ether oxygens (including phenoxy) is 3. The Morgan fingerprint density at radius 3 is 2.35 bits per heavy atom. The highest BCUT2D eigenvalue weighted by Gasteiger charge is 2.24. The molecule has 3 aromatic carbocycles. The second kappa shape index (κ2) is 22.0. The summed E-state index contributed by atoms with van der Waals surface area (Å²) in [4.78, 5) is 29.4. The molecule has 288 valence electrons. The normalized spacial score (nSPS) is 15.7. The third kappa shape index (κ3) is 12.5. The summed E-state index contributed by atoms with van der Waals surface area (Å²) in [7, 11) is 0. The number of nitrogens with zero attached hydrogens (tertiary/aromatic N) is 3. The third-order valence-electron chi connectivity index (χ3n) is 10.1. The van der Waals surface area contributed by atoms with Crippen molar-refractivity contribution in [2.24, 2.45) is 11.0 Å². The predicted octanol–water partition coefficient (Wildman–Crippen LogP) is 11.7. The Labute approximate surface area is 325 Å². The summed E-state index contributed by atoms with van der Waals surface area (Å²) in [6.07, 6.45) is 18.7. The molecule has 1 fully saturated rings. The number of anilines is 1. The summed E-state index contributed by atoms with van der Waals surface area (Å²) < 4.78 is 18.0. The van der Waals surface area contributed by atoms with Crippen molar-refractivity contribution in [1.29, 1.82) is 0 Å². The summed E-state index contributed by atoms with van der Waals surface area (Å²) in [5.41, 5.74) is 3.70. The number of benzene rings is 3. The van der Waals surface area contributed by atoms with Crippen LogP contribution < -0.4 is 14.5 Å². The van der Waals surface area contributed by atoms with E-state index in [0.29, 0.717) is 36.2 Å². The monoisotopic (exact) mass is 751 g/mol. The van der Waals surface area contributed by atoms with E-state index in [1.165, 1.54) is 50.2 Å². The van der Waals surface area contributed by atoms with Crippen molar-refractivity contribution in [2.45, 2.75) is 110 Å². The Morgan fingerprint density at radius 2 is 1.61 bits per heavy atom. The van der Waals surface area contributed by atoms with Crippen LogP contribution >= 0.6 is 11.3 Å². The lowest BCUT2D eigenvalue weighted by Gasteiger charge is -2.29. The first-order chi connectivity index (χ1) is 26.5. The van der Waals surface area contributed by atoms with Gasteiger partial charge in [0.25, 0.3) is 0 Å². The number of hydrogen-bond acceptors (Lipinski definition) is 9. The van der Waals surface area contributed by atoms with Crippen LogP contribution in [0.3, 0.4) is 0 Å². The van der Waals surface area contributed by atoms with Gasteiger partial charge in [-0.15, -0.1) is 0 Å². The predicted molar refractivity (Wildman–Crippen MR) is 221 cm³/mol. The van der Waals surface area contributed by atoms with Gasteiger partial charge < -0.3 is 14.2 Å². The highest BCUT2D eigenvalue weighted by molar-refractivity contribution is 7.22. The van der Waals surface area contributed by atoms with E-state index in [4.69, 9.17) is 24.3 Å². The maximum absolute atomic E-state index is 13.3. The smallest absolute Gasteiger partial charge is 0.343 e. The first kappa shape index (κ1) is 40.7. The molecule has 0 atom stereocenters. The lowest BCUT2D eigenvalue weighted by molar-refractivity contribution is -0.137. The van der Waals surface area contributed by atoms with Gasteiger partial charge in [0.15, 0.2) is 0 Å². The molecule has 0 bridgehead atoms. The summed E-state index contributed by atoms with van der Waals surface area (Å²) >= 11 is 1.67. The van der Waals surface area contributed by atoms with E-state index < -0.39 is 5.97 Å². The van der Waals surface area contributed by atoms with Crippen molar-refractivity contribution < 1.29 is 23.8 Å². The van der Waals surface area contributed by atoms with Gasteiger partial charge in [0.05, 0.1) is 35.2 Å². The van der Waals surface area contributed by atoms with Gasteiger partial charge in [-0.05, 0) is 124 Å². The maximum Gasteiger partial charge on any atom is 0.343 e. The molecule has 0 radical (unpaired) electrons. The van der Waals surface area contributed by atoms with E-state index in [1.54, 1.807) is 35.6 Å². The van der Waals surface area contributed by atoms with Crippen molar-refractivity contribution in [3.8, 4) is 11.5 Å². The van der Waals surface area contributed by atoms with Crippen molar-refractivity contribution in [3.05, 3.63) is 96.1 Å². The van der Waals surface area contributed by atoms with Crippen molar-refractivity contribution in [1.82, 2.24) is 4.98 Å². The molecule has 0 spiro atoms. The molecule has 1 aliphatic rings. The molecule has 0 aliphatic heterocycles. The molecule has 5 rings (SSSR count). The van der Waals surface area contributed by atoms with Crippen LogP contribution in [0.4, 0.5) is 5.13 Å². The number of carbonyl (C=O) groups is 2. The number of rotatable bonds is 22. The molecule has 54 heavy (non-hydrogen) atoms. The molecule has 0 unspecified atom stereocenters. The number of esters is 2. The molecule has 0 N–H and O–H groups in total. The highest BCUT2D eigenvalue weighted by atomic mass is 32.1. The molecule has 1 saturated carbocycles. The van der Waals surface area contributed by atoms with Crippen molar-refractivity contribution in [2.75, 3.05) is 24.8 Å². The number of hydrogen-bond donors (Lipinski definition) is 0. The van der Waals surface area contributed by atoms with Crippen molar-refractivity contribution in [3.63, 3.8) is 0 Å². The minimum atomic E-state index is -0.415. The Balaban J connectivity index is 1.26. The van der Waals surface area contributed by atoms with Gasteiger partial charge in [0.1, 0.15) is 11.5 Å². The average molecular weight is 752 g/mol. The van der Waals surface area contributed by atoms with Gasteiger partial charge in [-0.3, -0.25) is 0 Å². The lowest BCUT2D eigenvalue weighted by Crippen LogP contribution is -2.19. The van der Waals surface area contributed by atoms with Crippen LogP contribution in [0.15, 0.2) is 84.5 Å². The zero-order valence-corrected chi connectivity index (χ0v) is 33.0. The average Bonchev–Trinajstić information content (AvgIpc) is 3.63. The van der Waals surface area contributed by atoms with Crippen LogP contribution in [-0.2, 0) is 9.53 Å². The molecule has 1 aromatic heterocycles. The maximum atomic E-state index is 13.3. The van der Waals surface area contributed by atoms with E-state index in [0.717, 1.165) is 84.7 Å². The lowest BCUT2D eigenvalue weighted by atomic mass is 9.76. The fourth-order valence-corrected chi connectivity index (χ4v) is 8.05. The fourth-order valence-electron chi connectivity index (χ4n) is 7.10. The van der Waals surface area contributed by atoms with Gasteiger partial charge in [0.2, 0.25) is 5.13 Å². The Bertz CT molecular complexity index is 1760. The van der Waals surface area contributed by atoms with E-state index in [1.807, 2.05) is 24.4 Å². The zero-order chi connectivity index (χ0) is 38.0. The number of aromatic nitrogens is 1. The standard InChI is InChI=1S/C45H57N3O5S/c1-4-7-8-13-29-48(45-47-41-17-11-12-18-42(41)54-45)46-33-37-32-39(27-28-40(37)35-21-19-34(16-5-2)20-22-35)53-44(50)36-23-25-38(26-24-36)51-30-14-9-10-15-31-52-43(49)6-3/h6,11-12,17-18,23-28,32-35H,3-5,7-10,13-16,19-22,29-31H2,1-2H3/b46-33+. The van der Waals surface area contributed by atoms with Gasteiger partial charge in [0, 0.05) is 18.2 Å². The molecule has 1 aliphatic carbocycles. The molecule has 4 aromatic rings. The molecule has 1 heterocycles.